The molecule has 2 atom stereocenters. The molecule has 0 saturated carbocycles. The lowest BCUT2D eigenvalue weighted by Crippen LogP contribution is -2.53. The molecule has 0 spiro atoms. The molecule has 1 N–H and O–H groups in total. The average Bonchev–Trinajstić information content (AvgIpc) is 2.50. The van der Waals surface area contributed by atoms with E-state index in [0.29, 0.717) is 23.9 Å². The molecule has 5 nitrogen and oxygen atoms in total. The molecule has 130 valence electrons. The van der Waals surface area contributed by atoms with Gasteiger partial charge < -0.3 is 10.0 Å². The quantitative estimate of drug-likeness (QED) is 0.809. The number of aliphatic hydroxyl groups excluding tert-OH is 1. The van der Waals surface area contributed by atoms with E-state index >= 15 is 0 Å². The van der Waals surface area contributed by atoms with Gasteiger partial charge in [0.1, 0.15) is 0 Å². The van der Waals surface area contributed by atoms with Gasteiger partial charge in [0.2, 0.25) is 0 Å². The van der Waals surface area contributed by atoms with E-state index in [0.717, 1.165) is 26.2 Å². The van der Waals surface area contributed by atoms with Crippen LogP contribution < -0.4 is 0 Å². The standard InChI is InChI=1S/C17H28N2O3S/c1-15-13-18(10-11-19(15)14-16(2)20)9-6-12-23(21,22)17-7-4-3-5-8-17/h3-5,7-8,15-16,20H,6,9-14H2,1-2H3. The Kier molecular flexibility index (Phi) is 6.59. The summed E-state index contributed by atoms with van der Waals surface area (Å²) in [7, 11) is -3.17. The van der Waals surface area contributed by atoms with Crippen LogP contribution >= 0.6 is 0 Å². The van der Waals surface area contributed by atoms with Crippen LogP contribution in [0.2, 0.25) is 0 Å². The Morgan fingerprint density at radius 2 is 1.96 bits per heavy atom. The molecule has 1 aromatic rings. The summed E-state index contributed by atoms with van der Waals surface area (Å²) >= 11 is 0. The van der Waals surface area contributed by atoms with E-state index in [1.54, 1.807) is 24.3 Å². The van der Waals surface area contributed by atoms with E-state index in [2.05, 4.69) is 16.7 Å². The molecule has 1 fully saturated rings. The summed E-state index contributed by atoms with van der Waals surface area (Å²) in [5.74, 6) is 0.194. The van der Waals surface area contributed by atoms with Crippen LogP contribution in [0.1, 0.15) is 20.3 Å². The van der Waals surface area contributed by atoms with Crippen LogP contribution in [0.25, 0.3) is 0 Å². The topological polar surface area (TPSA) is 60.9 Å². The van der Waals surface area contributed by atoms with E-state index in [1.165, 1.54) is 0 Å². The van der Waals surface area contributed by atoms with Crippen molar-refractivity contribution in [1.29, 1.82) is 0 Å². The summed E-state index contributed by atoms with van der Waals surface area (Å²) in [5, 5.41) is 9.51. The van der Waals surface area contributed by atoms with Crippen LogP contribution in [0.4, 0.5) is 0 Å². The van der Waals surface area contributed by atoms with Crippen LogP contribution in [0.5, 0.6) is 0 Å². The minimum absolute atomic E-state index is 0.194. The molecular weight excluding hydrogens is 312 g/mol. The SMILES string of the molecule is CC(O)CN1CCN(CCCS(=O)(=O)c2ccccc2)CC1C. The summed E-state index contributed by atoms with van der Waals surface area (Å²) < 4.78 is 24.5. The third-order valence-electron chi connectivity index (χ3n) is 4.34. The lowest BCUT2D eigenvalue weighted by Gasteiger charge is -2.40. The molecule has 1 aliphatic rings. The first-order valence-corrected chi connectivity index (χ1v) is 9.96. The number of hydrogen-bond donors (Lipinski definition) is 1. The second-order valence-electron chi connectivity index (χ2n) is 6.48. The molecule has 2 unspecified atom stereocenters. The van der Waals surface area contributed by atoms with Crippen molar-refractivity contribution in [2.45, 2.75) is 37.3 Å². The normalized spacial score (nSPS) is 22.1. The molecule has 1 aromatic carbocycles. The van der Waals surface area contributed by atoms with Crippen molar-refractivity contribution in [2.24, 2.45) is 0 Å². The Labute approximate surface area is 139 Å². The van der Waals surface area contributed by atoms with Gasteiger partial charge in [-0.1, -0.05) is 18.2 Å². The molecule has 1 saturated heterocycles. The number of β-amino-alcohol motifs (C(OH)–C–C–N with tert-alkyl or cyclic N) is 1. The maximum absolute atomic E-state index is 12.3. The highest BCUT2D eigenvalue weighted by Crippen LogP contribution is 2.13. The van der Waals surface area contributed by atoms with E-state index in [4.69, 9.17) is 0 Å². The van der Waals surface area contributed by atoms with Crippen LogP contribution in [0.3, 0.4) is 0 Å². The average molecular weight is 340 g/mol. The summed E-state index contributed by atoms with van der Waals surface area (Å²) in [5.41, 5.74) is 0. The lowest BCUT2D eigenvalue weighted by molar-refractivity contribution is 0.0453. The molecular formula is C17H28N2O3S. The third-order valence-corrected chi connectivity index (χ3v) is 6.15. The summed E-state index contributed by atoms with van der Waals surface area (Å²) in [6.45, 7) is 8.27. The first kappa shape index (κ1) is 18.4. The van der Waals surface area contributed by atoms with Crippen molar-refractivity contribution in [3.8, 4) is 0 Å². The first-order chi connectivity index (χ1) is 10.9. The highest BCUT2D eigenvalue weighted by molar-refractivity contribution is 7.91. The van der Waals surface area contributed by atoms with Crippen LogP contribution in [0, 0.1) is 0 Å². The zero-order valence-electron chi connectivity index (χ0n) is 14.1. The number of hydrogen-bond acceptors (Lipinski definition) is 5. The van der Waals surface area contributed by atoms with Crippen molar-refractivity contribution in [3.63, 3.8) is 0 Å². The largest absolute Gasteiger partial charge is 0.392 e. The smallest absolute Gasteiger partial charge is 0.178 e. The summed E-state index contributed by atoms with van der Waals surface area (Å²) in [6.07, 6.45) is 0.348. The minimum Gasteiger partial charge on any atom is -0.392 e. The van der Waals surface area contributed by atoms with Gasteiger partial charge in [-0.15, -0.1) is 0 Å². The Bertz CT molecular complexity index is 575. The Morgan fingerprint density at radius 1 is 1.26 bits per heavy atom. The minimum atomic E-state index is -3.17. The molecule has 0 amide bonds. The number of aliphatic hydroxyl groups is 1. The van der Waals surface area contributed by atoms with E-state index in [9.17, 15) is 13.5 Å². The summed E-state index contributed by atoms with van der Waals surface area (Å²) in [4.78, 5) is 5.03. The molecule has 2 rings (SSSR count). The van der Waals surface area contributed by atoms with Gasteiger partial charge in [-0.2, -0.15) is 0 Å². The van der Waals surface area contributed by atoms with E-state index < -0.39 is 9.84 Å². The second kappa shape index (κ2) is 8.24. The molecule has 0 bridgehead atoms. The van der Waals surface area contributed by atoms with Gasteiger partial charge in [0.25, 0.3) is 0 Å². The van der Waals surface area contributed by atoms with Crippen molar-refractivity contribution in [2.75, 3.05) is 38.5 Å². The van der Waals surface area contributed by atoms with Gasteiger partial charge in [0.15, 0.2) is 9.84 Å². The molecule has 0 aromatic heterocycles. The second-order valence-corrected chi connectivity index (χ2v) is 8.59. The highest BCUT2D eigenvalue weighted by atomic mass is 32.2. The van der Waals surface area contributed by atoms with Crippen molar-refractivity contribution < 1.29 is 13.5 Å². The number of nitrogens with zero attached hydrogens (tertiary/aromatic N) is 2. The van der Waals surface area contributed by atoms with Gasteiger partial charge in [0, 0.05) is 32.2 Å². The van der Waals surface area contributed by atoms with Crippen LogP contribution in [-0.2, 0) is 9.84 Å². The fourth-order valence-electron chi connectivity index (χ4n) is 3.11. The zero-order chi connectivity index (χ0) is 16.9. The molecule has 6 heteroatoms. The Hall–Kier alpha value is -0.950. The first-order valence-electron chi connectivity index (χ1n) is 8.31. The van der Waals surface area contributed by atoms with Gasteiger partial charge in [-0.05, 0) is 38.9 Å². The van der Waals surface area contributed by atoms with Crippen LogP contribution in [0.15, 0.2) is 35.2 Å². The van der Waals surface area contributed by atoms with Gasteiger partial charge in [-0.3, -0.25) is 4.90 Å². The number of benzene rings is 1. The number of sulfone groups is 1. The summed E-state index contributed by atoms with van der Waals surface area (Å²) in [6, 6.07) is 9.06. The van der Waals surface area contributed by atoms with Crippen molar-refractivity contribution in [3.05, 3.63) is 30.3 Å². The number of piperazine rings is 1. The molecule has 23 heavy (non-hydrogen) atoms. The van der Waals surface area contributed by atoms with Crippen molar-refractivity contribution in [1.82, 2.24) is 9.80 Å². The fraction of sp³-hybridized carbons (Fsp3) is 0.647. The molecule has 1 heterocycles. The monoisotopic (exact) mass is 340 g/mol. The predicted octanol–water partition coefficient (Wildman–Crippen LogP) is 1.24. The Balaban J connectivity index is 1.77. The van der Waals surface area contributed by atoms with E-state index in [-0.39, 0.29) is 11.9 Å². The van der Waals surface area contributed by atoms with Gasteiger partial charge >= 0.3 is 0 Å². The van der Waals surface area contributed by atoms with Gasteiger partial charge in [0.05, 0.1) is 16.8 Å². The zero-order valence-corrected chi connectivity index (χ0v) is 14.9. The lowest BCUT2D eigenvalue weighted by atomic mass is 10.1. The number of rotatable bonds is 7. The molecule has 0 aliphatic carbocycles. The predicted molar refractivity (Wildman–Crippen MR) is 92.3 cm³/mol. The van der Waals surface area contributed by atoms with Gasteiger partial charge in [-0.25, -0.2) is 8.42 Å². The maximum Gasteiger partial charge on any atom is 0.178 e. The molecule has 1 aliphatic heterocycles. The van der Waals surface area contributed by atoms with Crippen LogP contribution in [-0.4, -0.2) is 73.9 Å². The molecule has 0 radical (unpaired) electrons. The van der Waals surface area contributed by atoms with E-state index in [1.807, 2.05) is 13.0 Å². The van der Waals surface area contributed by atoms with Crippen molar-refractivity contribution >= 4 is 9.84 Å². The highest BCUT2D eigenvalue weighted by Gasteiger charge is 2.24. The third kappa shape index (κ3) is 5.57. The maximum atomic E-state index is 12.3. The fourth-order valence-corrected chi connectivity index (χ4v) is 4.42. The Morgan fingerprint density at radius 3 is 2.57 bits per heavy atom.